The van der Waals surface area contributed by atoms with Crippen molar-refractivity contribution in [1.29, 1.82) is 0 Å². The first kappa shape index (κ1) is 16.3. The lowest BCUT2D eigenvalue weighted by Gasteiger charge is -2.21. The van der Waals surface area contributed by atoms with Crippen LogP contribution in [0.4, 0.5) is 0 Å². The summed E-state index contributed by atoms with van der Waals surface area (Å²) in [6, 6.07) is 28.1. The Labute approximate surface area is 147 Å². The van der Waals surface area contributed by atoms with Crippen LogP contribution < -0.4 is 0 Å². The zero-order chi connectivity index (χ0) is 16.8. The van der Waals surface area contributed by atoms with Crippen molar-refractivity contribution < 1.29 is 4.84 Å². The molecule has 0 spiro atoms. The fourth-order valence-corrected chi connectivity index (χ4v) is 3.06. The molecule has 0 amide bonds. The lowest BCUT2D eigenvalue weighted by atomic mass is 9.84. The van der Waals surface area contributed by atoms with E-state index in [1.165, 1.54) is 0 Å². The standard InChI is InChI=1S/C21H18ClNO/c1-24-23-21(17-12-6-3-7-13-17)20(16-10-4-2-5-11-16)18-14-8-9-15-19(18)22/h2-15,20H,1H3. The fourth-order valence-electron chi connectivity index (χ4n) is 2.82. The fraction of sp³-hybridized carbons (Fsp3) is 0.0952. The topological polar surface area (TPSA) is 21.6 Å². The first-order valence-corrected chi connectivity index (χ1v) is 8.15. The monoisotopic (exact) mass is 335 g/mol. The highest BCUT2D eigenvalue weighted by molar-refractivity contribution is 6.32. The van der Waals surface area contributed by atoms with Crippen LogP contribution in [0.1, 0.15) is 22.6 Å². The number of halogens is 1. The molecular formula is C21H18ClNO. The highest BCUT2D eigenvalue weighted by Gasteiger charge is 2.24. The predicted molar refractivity (Wildman–Crippen MR) is 99.7 cm³/mol. The average molecular weight is 336 g/mol. The summed E-state index contributed by atoms with van der Waals surface area (Å²) in [4.78, 5) is 5.17. The molecule has 0 fully saturated rings. The van der Waals surface area contributed by atoms with Gasteiger partial charge in [-0.2, -0.15) is 0 Å². The van der Waals surface area contributed by atoms with Crippen molar-refractivity contribution in [3.8, 4) is 0 Å². The largest absolute Gasteiger partial charge is 0.399 e. The molecule has 3 heteroatoms. The number of hydrogen-bond acceptors (Lipinski definition) is 2. The second-order valence-electron chi connectivity index (χ2n) is 5.39. The minimum Gasteiger partial charge on any atom is -0.399 e. The Morgan fingerprint density at radius 2 is 1.42 bits per heavy atom. The summed E-state index contributed by atoms with van der Waals surface area (Å²) in [5.74, 6) is -0.109. The van der Waals surface area contributed by atoms with E-state index in [0.717, 1.165) is 22.4 Å². The Morgan fingerprint density at radius 3 is 2.04 bits per heavy atom. The van der Waals surface area contributed by atoms with Gasteiger partial charge >= 0.3 is 0 Å². The smallest absolute Gasteiger partial charge is 0.106 e. The molecule has 0 saturated heterocycles. The third-order valence-corrected chi connectivity index (χ3v) is 4.23. The number of benzene rings is 3. The van der Waals surface area contributed by atoms with E-state index in [1.54, 1.807) is 7.11 Å². The number of rotatable bonds is 5. The SMILES string of the molecule is CON=C(c1ccccc1)C(c1ccccc1)c1ccccc1Cl. The van der Waals surface area contributed by atoms with E-state index in [2.05, 4.69) is 17.3 Å². The van der Waals surface area contributed by atoms with Crippen molar-refractivity contribution in [1.82, 2.24) is 0 Å². The molecule has 3 rings (SSSR count). The van der Waals surface area contributed by atoms with Crippen LogP contribution in [0.2, 0.25) is 5.02 Å². The first-order valence-electron chi connectivity index (χ1n) is 7.77. The normalized spacial score (nSPS) is 12.7. The van der Waals surface area contributed by atoms with Gasteiger partial charge < -0.3 is 4.84 Å². The van der Waals surface area contributed by atoms with Crippen LogP contribution in [-0.2, 0) is 4.84 Å². The van der Waals surface area contributed by atoms with Crippen LogP contribution in [0.25, 0.3) is 0 Å². The van der Waals surface area contributed by atoms with Gasteiger partial charge in [-0.25, -0.2) is 0 Å². The van der Waals surface area contributed by atoms with Gasteiger partial charge in [0, 0.05) is 10.6 Å². The summed E-state index contributed by atoms with van der Waals surface area (Å²) in [5.41, 5.74) is 3.96. The molecule has 0 aliphatic heterocycles. The van der Waals surface area contributed by atoms with Gasteiger partial charge in [0.25, 0.3) is 0 Å². The Hall–Kier alpha value is -2.58. The molecule has 24 heavy (non-hydrogen) atoms. The van der Waals surface area contributed by atoms with E-state index in [-0.39, 0.29) is 5.92 Å². The third kappa shape index (κ3) is 3.50. The van der Waals surface area contributed by atoms with Crippen molar-refractivity contribution in [3.63, 3.8) is 0 Å². The van der Waals surface area contributed by atoms with Crippen molar-refractivity contribution in [2.75, 3.05) is 7.11 Å². The Kier molecular flexibility index (Phi) is 5.29. The quantitative estimate of drug-likeness (QED) is 0.444. The molecule has 120 valence electrons. The summed E-state index contributed by atoms with van der Waals surface area (Å²) >= 11 is 6.50. The van der Waals surface area contributed by atoms with Crippen LogP contribution in [0.3, 0.4) is 0 Å². The predicted octanol–water partition coefficient (Wildman–Crippen LogP) is 5.52. The number of nitrogens with zero attached hydrogens (tertiary/aromatic N) is 1. The van der Waals surface area contributed by atoms with E-state index in [0.29, 0.717) is 5.02 Å². The van der Waals surface area contributed by atoms with Crippen LogP contribution in [-0.4, -0.2) is 12.8 Å². The van der Waals surface area contributed by atoms with Crippen LogP contribution in [0.15, 0.2) is 90.1 Å². The Bertz CT molecular complexity index is 816. The van der Waals surface area contributed by atoms with Crippen molar-refractivity contribution in [2.45, 2.75) is 5.92 Å². The molecule has 0 heterocycles. The van der Waals surface area contributed by atoms with Gasteiger partial charge in [-0.05, 0) is 17.2 Å². The van der Waals surface area contributed by atoms with Crippen molar-refractivity contribution in [3.05, 3.63) is 107 Å². The lowest BCUT2D eigenvalue weighted by Crippen LogP contribution is -2.16. The zero-order valence-corrected chi connectivity index (χ0v) is 14.1. The van der Waals surface area contributed by atoms with Gasteiger partial charge in [0.2, 0.25) is 0 Å². The molecule has 3 aromatic carbocycles. The second kappa shape index (κ2) is 7.80. The average Bonchev–Trinajstić information content (AvgIpc) is 2.64. The van der Waals surface area contributed by atoms with Crippen molar-refractivity contribution in [2.24, 2.45) is 5.16 Å². The molecule has 3 aromatic rings. The molecule has 0 aliphatic carbocycles. The van der Waals surface area contributed by atoms with E-state index < -0.39 is 0 Å². The molecule has 1 atom stereocenters. The molecule has 0 aliphatic rings. The minimum atomic E-state index is -0.109. The molecule has 2 nitrogen and oxygen atoms in total. The molecule has 0 radical (unpaired) electrons. The third-order valence-electron chi connectivity index (χ3n) is 3.88. The maximum atomic E-state index is 6.50. The van der Waals surface area contributed by atoms with Crippen LogP contribution in [0, 0.1) is 0 Å². The zero-order valence-electron chi connectivity index (χ0n) is 13.4. The summed E-state index contributed by atoms with van der Waals surface area (Å²) in [6.45, 7) is 0. The molecule has 0 aromatic heterocycles. The van der Waals surface area contributed by atoms with E-state index in [1.807, 2.05) is 72.8 Å². The maximum absolute atomic E-state index is 6.50. The number of oxime groups is 1. The van der Waals surface area contributed by atoms with Gasteiger partial charge in [0.15, 0.2) is 0 Å². The van der Waals surface area contributed by atoms with Crippen molar-refractivity contribution >= 4 is 17.3 Å². The minimum absolute atomic E-state index is 0.109. The first-order chi connectivity index (χ1) is 11.8. The van der Waals surface area contributed by atoms with Gasteiger partial charge in [0.05, 0.1) is 11.6 Å². The van der Waals surface area contributed by atoms with E-state index in [4.69, 9.17) is 16.4 Å². The molecule has 1 unspecified atom stereocenters. The summed E-state index contributed by atoms with van der Waals surface area (Å²) in [7, 11) is 1.57. The van der Waals surface area contributed by atoms with Crippen LogP contribution >= 0.6 is 11.6 Å². The molecule has 0 saturated carbocycles. The molecule has 0 N–H and O–H groups in total. The van der Waals surface area contributed by atoms with Crippen LogP contribution in [0.5, 0.6) is 0 Å². The van der Waals surface area contributed by atoms with Gasteiger partial charge in [-0.15, -0.1) is 0 Å². The number of hydrogen-bond donors (Lipinski definition) is 0. The second-order valence-corrected chi connectivity index (χ2v) is 5.80. The lowest BCUT2D eigenvalue weighted by molar-refractivity contribution is 0.212. The highest BCUT2D eigenvalue weighted by Crippen LogP contribution is 2.33. The summed E-state index contributed by atoms with van der Waals surface area (Å²) < 4.78 is 0. The van der Waals surface area contributed by atoms with E-state index >= 15 is 0 Å². The maximum Gasteiger partial charge on any atom is 0.106 e. The molecule has 0 bridgehead atoms. The highest BCUT2D eigenvalue weighted by atomic mass is 35.5. The summed E-state index contributed by atoms with van der Waals surface area (Å²) in [6.07, 6.45) is 0. The van der Waals surface area contributed by atoms with Gasteiger partial charge in [0.1, 0.15) is 7.11 Å². The molecular weight excluding hydrogens is 318 g/mol. The van der Waals surface area contributed by atoms with Gasteiger partial charge in [-0.3, -0.25) is 0 Å². The van der Waals surface area contributed by atoms with E-state index in [9.17, 15) is 0 Å². The Morgan fingerprint density at radius 1 is 0.833 bits per heavy atom. The van der Waals surface area contributed by atoms with Gasteiger partial charge in [-0.1, -0.05) is 95.6 Å². The summed E-state index contributed by atoms with van der Waals surface area (Å²) in [5, 5.41) is 5.06. The Balaban J connectivity index is 2.20.